The van der Waals surface area contributed by atoms with Crippen molar-refractivity contribution in [2.24, 2.45) is 7.05 Å². The van der Waals surface area contributed by atoms with Gasteiger partial charge in [-0.1, -0.05) is 20.3 Å². The van der Waals surface area contributed by atoms with Crippen LogP contribution in [0.2, 0.25) is 0 Å². The number of anilines is 1. The van der Waals surface area contributed by atoms with Crippen LogP contribution >= 0.6 is 22.6 Å². The van der Waals surface area contributed by atoms with Crippen molar-refractivity contribution in [3.8, 4) is 11.4 Å². The SMILES string of the molecule is CCCNc1nc(-c2cnn(C)c2C)nc(CCC)c1I. The minimum atomic E-state index is 0.767. The Balaban J connectivity index is 2.50. The van der Waals surface area contributed by atoms with Crippen LogP contribution < -0.4 is 5.32 Å². The molecule has 0 atom stereocenters. The van der Waals surface area contributed by atoms with Crippen LogP contribution in [0.4, 0.5) is 5.82 Å². The van der Waals surface area contributed by atoms with E-state index in [1.165, 1.54) is 0 Å². The van der Waals surface area contributed by atoms with Crippen molar-refractivity contribution >= 4 is 28.4 Å². The van der Waals surface area contributed by atoms with Crippen LogP contribution in [0.3, 0.4) is 0 Å². The first-order valence-electron chi connectivity index (χ1n) is 7.37. The molecule has 0 fully saturated rings. The molecule has 21 heavy (non-hydrogen) atoms. The molecule has 0 aliphatic heterocycles. The van der Waals surface area contributed by atoms with Gasteiger partial charge in [0.25, 0.3) is 0 Å². The van der Waals surface area contributed by atoms with Crippen molar-refractivity contribution in [2.75, 3.05) is 11.9 Å². The molecule has 114 valence electrons. The Labute approximate surface area is 139 Å². The minimum absolute atomic E-state index is 0.767. The molecule has 0 aliphatic rings. The second kappa shape index (κ2) is 7.20. The minimum Gasteiger partial charge on any atom is -0.369 e. The average molecular weight is 399 g/mol. The summed E-state index contributed by atoms with van der Waals surface area (Å²) in [6.45, 7) is 7.29. The molecule has 2 rings (SSSR count). The van der Waals surface area contributed by atoms with E-state index in [-0.39, 0.29) is 0 Å². The van der Waals surface area contributed by atoms with E-state index in [4.69, 9.17) is 9.97 Å². The van der Waals surface area contributed by atoms with Gasteiger partial charge in [0.05, 0.1) is 21.0 Å². The van der Waals surface area contributed by atoms with Crippen LogP contribution in [-0.2, 0) is 13.5 Å². The monoisotopic (exact) mass is 399 g/mol. The molecule has 0 aliphatic carbocycles. The first-order chi connectivity index (χ1) is 10.1. The highest BCUT2D eigenvalue weighted by Gasteiger charge is 2.15. The molecule has 1 N–H and O–H groups in total. The quantitative estimate of drug-likeness (QED) is 0.755. The molecule has 0 spiro atoms. The van der Waals surface area contributed by atoms with Crippen molar-refractivity contribution in [3.63, 3.8) is 0 Å². The fraction of sp³-hybridized carbons (Fsp3) is 0.533. The van der Waals surface area contributed by atoms with Crippen LogP contribution in [0.15, 0.2) is 6.20 Å². The molecular formula is C15H22IN5. The Morgan fingerprint density at radius 1 is 1.24 bits per heavy atom. The molecule has 0 unspecified atom stereocenters. The lowest BCUT2D eigenvalue weighted by Crippen LogP contribution is -2.09. The number of hydrogen-bond acceptors (Lipinski definition) is 4. The van der Waals surface area contributed by atoms with E-state index in [2.05, 4.69) is 46.9 Å². The summed E-state index contributed by atoms with van der Waals surface area (Å²) in [7, 11) is 1.94. The van der Waals surface area contributed by atoms with Gasteiger partial charge in [-0.05, 0) is 42.4 Å². The Morgan fingerprint density at radius 2 is 2.00 bits per heavy atom. The number of nitrogens with zero attached hydrogens (tertiary/aromatic N) is 4. The van der Waals surface area contributed by atoms with Gasteiger partial charge in [0.1, 0.15) is 5.82 Å². The molecule has 0 bridgehead atoms. The number of halogens is 1. The van der Waals surface area contributed by atoms with E-state index in [1.807, 2.05) is 24.9 Å². The standard InChI is InChI=1S/C15H22IN5/c1-5-7-12-13(16)15(17-8-6-2)20-14(19-12)11-9-18-21(4)10(11)3/h9H,5-8H2,1-4H3,(H,17,19,20). The predicted octanol–water partition coefficient (Wildman–Crippen LogP) is 3.56. The predicted molar refractivity (Wildman–Crippen MR) is 94.5 cm³/mol. The van der Waals surface area contributed by atoms with Gasteiger partial charge in [-0.15, -0.1) is 0 Å². The third-order valence-corrected chi connectivity index (χ3v) is 4.56. The summed E-state index contributed by atoms with van der Waals surface area (Å²) in [5.41, 5.74) is 3.20. The maximum Gasteiger partial charge on any atom is 0.165 e. The van der Waals surface area contributed by atoms with Crippen molar-refractivity contribution in [3.05, 3.63) is 21.2 Å². The van der Waals surface area contributed by atoms with Crippen LogP contribution in [0.1, 0.15) is 38.1 Å². The Kier molecular flexibility index (Phi) is 5.55. The normalized spacial score (nSPS) is 10.9. The van der Waals surface area contributed by atoms with Crippen molar-refractivity contribution < 1.29 is 0 Å². The van der Waals surface area contributed by atoms with Gasteiger partial charge in [0.15, 0.2) is 5.82 Å². The van der Waals surface area contributed by atoms with E-state index in [9.17, 15) is 0 Å². The second-order valence-corrected chi connectivity index (χ2v) is 6.18. The Morgan fingerprint density at radius 3 is 2.57 bits per heavy atom. The zero-order valence-electron chi connectivity index (χ0n) is 13.1. The van der Waals surface area contributed by atoms with E-state index in [0.29, 0.717) is 0 Å². The number of aromatic nitrogens is 4. The number of aryl methyl sites for hydroxylation is 2. The topological polar surface area (TPSA) is 55.6 Å². The van der Waals surface area contributed by atoms with Crippen molar-refractivity contribution in [1.29, 1.82) is 0 Å². The van der Waals surface area contributed by atoms with Gasteiger partial charge in [0.2, 0.25) is 0 Å². The van der Waals surface area contributed by atoms with E-state index in [1.54, 1.807) is 0 Å². The highest BCUT2D eigenvalue weighted by atomic mass is 127. The molecule has 0 aromatic carbocycles. The Bertz CT molecular complexity index is 621. The molecule has 0 amide bonds. The highest BCUT2D eigenvalue weighted by Crippen LogP contribution is 2.26. The summed E-state index contributed by atoms with van der Waals surface area (Å²) < 4.78 is 2.99. The van der Waals surface area contributed by atoms with Crippen LogP contribution in [0.25, 0.3) is 11.4 Å². The third-order valence-electron chi connectivity index (χ3n) is 3.43. The average Bonchev–Trinajstić information content (AvgIpc) is 2.80. The molecule has 5 nitrogen and oxygen atoms in total. The lowest BCUT2D eigenvalue weighted by molar-refractivity contribution is 0.740. The zero-order valence-corrected chi connectivity index (χ0v) is 15.2. The fourth-order valence-corrected chi connectivity index (χ4v) is 2.80. The number of nitrogens with one attached hydrogen (secondary N) is 1. The maximum absolute atomic E-state index is 4.76. The van der Waals surface area contributed by atoms with Crippen LogP contribution in [-0.4, -0.2) is 26.3 Å². The summed E-state index contributed by atoms with van der Waals surface area (Å²) in [6.07, 6.45) is 4.96. The first kappa shape index (κ1) is 16.2. The summed E-state index contributed by atoms with van der Waals surface area (Å²) in [5.74, 6) is 1.71. The number of hydrogen-bond donors (Lipinski definition) is 1. The summed E-state index contributed by atoms with van der Waals surface area (Å²) in [4.78, 5) is 9.48. The molecule has 2 aromatic heterocycles. The summed E-state index contributed by atoms with van der Waals surface area (Å²) in [6, 6.07) is 0. The largest absolute Gasteiger partial charge is 0.369 e. The summed E-state index contributed by atoms with van der Waals surface area (Å²) >= 11 is 2.35. The molecule has 2 aromatic rings. The smallest absolute Gasteiger partial charge is 0.165 e. The van der Waals surface area contributed by atoms with Gasteiger partial charge >= 0.3 is 0 Å². The van der Waals surface area contributed by atoms with Gasteiger partial charge in [-0.2, -0.15) is 5.10 Å². The van der Waals surface area contributed by atoms with E-state index < -0.39 is 0 Å². The molecule has 0 saturated carbocycles. The van der Waals surface area contributed by atoms with Crippen molar-refractivity contribution in [1.82, 2.24) is 19.7 Å². The lowest BCUT2D eigenvalue weighted by Gasteiger charge is -2.12. The van der Waals surface area contributed by atoms with Gasteiger partial charge in [-0.25, -0.2) is 9.97 Å². The zero-order chi connectivity index (χ0) is 15.4. The maximum atomic E-state index is 4.76. The molecular weight excluding hydrogens is 377 g/mol. The van der Waals surface area contributed by atoms with Crippen molar-refractivity contribution in [2.45, 2.75) is 40.0 Å². The summed E-state index contributed by atoms with van der Waals surface area (Å²) in [5, 5.41) is 7.71. The molecule has 6 heteroatoms. The van der Waals surface area contributed by atoms with E-state index >= 15 is 0 Å². The van der Waals surface area contributed by atoms with Gasteiger partial charge in [0, 0.05) is 19.3 Å². The van der Waals surface area contributed by atoms with Gasteiger partial charge < -0.3 is 5.32 Å². The fourth-order valence-electron chi connectivity index (χ4n) is 2.10. The van der Waals surface area contributed by atoms with Gasteiger partial charge in [-0.3, -0.25) is 4.68 Å². The third kappa shape index (κ3) is 3.53. The number of rotatable bonds is 6. The molecule has 0 saturated heterocycles. The van der Waals surface area contributed by atoms with E-state index in [0.717, 1.165) is 58.0 Å². The highest BCUT2D eigenvalue weighted by molar-refractivity contribution is 14.1. The van der Waals surface area contributed by atoms with Crippen LogP contribution in [0, 0.1) is 10.5 Å². The second-order valence-electron chi connectivity index (χ2n) is 5.10. The molecule has 2 heterocycles. The van der Waals surface area contributed by atoms with Crippen LogP contribution in [0.5, 0.6) is 0 Å². The first-order valence-corrected chi connectivity index (χ1v) is 8.45. The molecule has 0 radical (unpaired) electrons. The lowest BCUT2D eigenvalue weighted by atomic mass is 10.2. The Hall–Kier alpha value is -1.18.